The van der Waals surface area contributed by atoms with Gasteiger partial charge in [-0.05, 0) is 49.9 Å². The summed E-state index contributed by atoms with van der Waals surface area (Å²) in [5.41, 5.74) is 1.02. The van der Waals surface area contributed by atoms with Crippen LogP contribution in [0.2, 0.25) is 10.0 Å². The highest BCUT2D eigenvalue weighted by Crippen LogP contribution is 2.24. The molecule has 2 aliphatic heterocycles. The number of ether oxygens (including phenoxy) is 1. The van der Waals surface area contributed by atoms with Crippen molar-refractivity contribution in [2.45, 2.75) is 38.4 Å². The number of hydrogen-bond donors (Lipinski definition) is 1. The Balaban J connectivity index is 0.00000225. The average molecular weight is 408 g/mol. The largest absolute Gasteiger partial charge is 0.373 e. The summed E-state index contributed by atoms with van der Waals surface area (Å²) in [7, 11) is 0. The molecule has 1 N–H and O–H groups in total. The maximum absolute atomic E-state index is 12.5. The maximum Gasteiger partial charge on any atom is 0.226 e. The number of amides is 1. The maximum atomic E-state index is 12.5. The Hall–Kier alpha value is -0.520. The van der Waals surface area contributed by atoms with Crippen molar-refractivity contribution in [2.24, 2.45) is 5.92 Å². The summed E-state index contributed by atoms with van der Waals surface area (Å²) in [5.74, 6) is 0.470. The second-order valence-electron chi connectivity index (χ2n) is 6.63. The van der Waals surface area contributed by atoms with Crippen LogP contribution in [-0.4, -0.2) is 43.1 Å². The van der Waals surface area contributed by atoms with E-state index < -0.39 is 0 Å². The van der Waals surface area contributed by atoms with Crippen LogP contribution in [0.25, 0.3) is 0 Å². The molecular formula is C18H25Cl3N2O2. The van der Waals surface area contributed by atoms with E-state index >= 15 is 0 Å². The number of carbonyl (C=O) groups excluding carboxylic acids is 1. The number of nitrogens with one attached hydrogen (secondary N) is 1. The number of likely N-dealkylation sites (tertiary alicyclic amines) is 1. The highest BCUT2D eigenvalue weighted by Gasteiger charge is 2.29. The number of rotatable bonds is 4. The van der Waals surface area contributed by atoms with Gasteiger partial charge < -0.3 is 15.0 Å². The predicted octanol–water partition coefficient (Wildman–Crippen LogP) is 3.92. The van der Waals surface area contributed by atoms with Gasteiger partial charge in [-0.2, -0.15) is 0 Å². The number of hydrogen-bond acceptors (Lipinski definition) is 3. The molecule has 1 unspecified atom stereocenters. The summed E-state index contributed by atoms with van der Waals surface area (Å²) in [5, 5.41) is 4.43. The summed E-state index contributed by atoms with van der Waals surface area (Å²) in [6, 6.07) is 5.57. The van der Waals surface area contributed by atoms with E-state index in [1.54, 1.807) is 6.07 Å². The number of piperidine rings is 2. The van der Waals surface area contributed by atoms with E-state index in [1.807, 2.05) is 17.0 Å². The Morgan fingerprint density at radius 1 is 1.20 bits per heavy atom. The van der Waals surface area contributed by atoms with Crippen molar-refractivity contribution < 1.29 is 9.53 Å². The van der Waals surface area contributed by atoms with Crippen molar-refractivity contribution in [1.82, 2.24) is 10.2 Å². The van der Waals surface area contributed by atoms with Crippen LogP contribution in [0.15, 0.2) is 18.2 Å². The first kappa shape index (κ1) is 20.8. The monoisotopic (exact) mass is 406 g/mol. The smallest absolute Gasteiger partial charge is 0.226 e. The summed E-state index contributed by atoms with van der Waals surface area (Å²) < 4.78 is 5.99. The lowest BCUT2D eigenvalue weighted by Gasteiger charge is -2.35. The fourth-order valence-corrected chi connectivity index (χ4v) is 3.73. The third-order valence-corrected chi connectivity index (χ3v) is 5.61. The van der Waals surface area contributed by atoms with Crippen molar-refractivity contribution >= 4 is 41.5 Å². The van der Waals surface area contributed by atoms with E-state index in [1.165, 1.54) is 0 Å². The minimum atomic E-state index is 0. The molecule has 7 heteroatoms. The second-order valence-corrected chi connectivity index (χ2v) is 7.44. The van der Waals surface area contributed by atoms with E-state index in [-0.39, 0.29) is 24.4 Å². The van der Waals surface area contributed by atoms with Crippen LogP contribution in [-0.2, 0) is 16.1 Å². The molecule has 0 saturated carbocycles. The van der Waals surface area contributed by atoms with Gasteiger partial charge in [-0.15, -0.1) is 12.4 Å². The van der Waals surface area contributed by atoms with Gasteiger partial charge in [-0.3, -0.25) is 4.79 Å². The fourth-order valence-electron chi connectivity index (χ4n) is 3.41. The van der Waals surface area contributed by atoms with Gasteiger partial charge in [-0.1, -0.05) is 29.3 Å². The molecule has 0 spiro atoms. The molecule has 1 aromatic rings. The Morgan fingerprint density at radius 3 is 2.60 bits per heavy atom. The van der Waals surface area contributed by atoms with Gasteiger partial charge in [0.05, 0.1) is 28.7 Å². The Kier molecular flexibility index (Phi) is 8.30. The lowest BCUT2D eigenvalue weighted by molar-refractivity contribution is -0.138. The van der Waals surface area contributed by atoms with Crippen LogP contribution < -0.4 is 5.32 Å². The normalized spacial score (nSPS) is 21.7. The molecule has 1 atom stereocenters. The predicted molar refractivity (Wildman–Crippen MR) is 104 cm³/mol. The number of carbonyl (C=O) groups is 1. The molecule has 0 aromatic heterocycles. The molecule has 140 valence electrons. The fraction of sp³-hybridized carbons (Fsp3) is 0.611. The summed E-state index contributed by atoms with van der Waals surface area (Å²) >= 11 is 12.0. The molecule has 2 fully saturated rings. The molecule has 0 aliphatic carbocycles. The highest BCUT2D eigenvalue weighted by molar-refractivity contribution is 6.42. The van der Waals surface area contributed by atoms with E-state index in [4.69, 9.17) is 27.9 Å². The molecule has 1 amide bonds. The van der Waals surface area contributed by atoms with Crippen molar-refractivity contribution in [3.63, 3.8) is 0 Å². The van der Waals surface area contributed by atoms with Crippen LogP contribution in [0.3, 0.4) is 0 Å². The molecule has 4 nitrogen and oxygen atoms in total. The number of halogens is 3. The third-order valence-electron chi connectivity index (χ3n) is 4.87. The standard InChI is InChI=1S/C18H24Cl2N2O2.ClH/c19-16-4-3-13(10-17(16)20)12-24-15-5-8-22(9-6-15)18(23)14-2-1-7-21-11-14;/h3-4,10,14-15,21H,1-2,5-9,11-12H2;1H. The number of nitrogens with zero attached hydrogens (tertiary/aromatic N) is 1. The van der Waals surface area contributed by atoms with Gasteiger partial charge in [0.2, 0.25) is 5.91 Å². The minimum absolute atomic E-state index is 0. The third kappa shape index (κ3) is 5.73. The summed E-state index contributed by atoms with van der Waals surface area (Å²) in [6.45, 7) is 3.98. The van der Waals surface area contributed by atoms with Crippen LogP contribution in [0, 0.1) is 5.92 Å². The van der Waals surface area contributed by atoms with E-state index in [0.717, 1.165) is 57.4 Å². The minimum Gasteiger partial charge on any atom is -0.373 e. The van der Waals surface area contributed by atoms with Crippen molar-refractivity contribution in [3.05, 3.63) is 33.8 Å². The Morgan fingerprint density at radius 2 is 1.96 bits per heavy atom. The zero-order valence-corrected chi connectivity index (χ0v) is 16.5. The highest BCUT2D eigenvalue weighted by atomic mass is 35.5. The second kappa shape index (κ2) is 9.98. The summed E-state index contributed by atoms with van der Waals surface area (Å²) in [6.07, 6.45) is 4.10. The Labute approximate surface area is 165 Å². The number of benzene rings is 1. The Bertz CT molecular complexity index is 571. The lowest BCUT2D eigenvalue weighted by Crippen LogP contribution is -2.47. The van der Waals surface area contributed by atoms with Crippen LogP contribution >= 0.6 is 35.6 Å². The van der Waals surface area contributed by atoms with Crippen molar-refractivity contribution in [2.75, 3.05) is 26.2 Å². The van der Waals surface area contributed by atoms with Crippen LogP contribution in [0.5, 0.6) is 0 Å². The molecule has 2 saturated heterocycles. The molecule has 1 aromatic carbocycles. The zero-order chi connectivity index (χ0) is 16.9. The van der Waals surface area contributed by atoms with Gasteiger partial charge in [0.25, 0.3) is 0 Å². The molecule has 25 heavy (non-hydrogen) atoms. The van der Waals surface area contributed by atoms with E-state index in [9.17, 15) is 4.79 Å². The van der Waals surface area contributed by atoms with Crippen molar-refractivity contribution in [1.29, 1.82) is 0 Å². The first-order valence-corrected chi connectivity index (χ1v) is 9.44. The zero-order valence-electron chi connectivity index (χ0n) is 14.2. The molecular weight excluding hydrogens is 383 g/mol. The SMILES string of the molecule is Cl.O=C(C1CCCNC1)N1CCC(OCc2ccc(Cl)c(Cl)c2)CC1. The van der Waals surface area contributed by atoms with E-state index in [0.29, 0.717) is 22.6 Å². The molecule has 2 aliphatic rings. The van der Waals surface area contributed by atoms with Crippen LogP contribution in [0.4, 0.5) is 0 Å². The van der Waals surface area contributed by atoms with E-state index in [2.05, 4.69) is 5.32 Å². The van der Waals surface area contributed by atoms with Gasteiger partial charge in [-0.25, -0.2) is 0 Å². The van der Waals surface area contributed by atoms with Gasteiger partial charge in [0.1, 0.15) is 0 Å². The average Bonchev–Trinajstić information content (AvgIpc) is 2.63. The molecule has 0 radical (unpaired) electrons. The van der Waals surface area contributed by atoms with Crippen LogP contribution in [0.1, 0.15) is 31.2 Å². The van der Waals surface area contributed by atoms with Gasteiger partial charge in [0.15, 0.2) is 0 Å². The van der Waals surface area contributed by atoms with Crippen molar-refractivity contribution in [3.8, 4) is 0 Å². The van der Waals surface area contributed by atoms with Gasteiger partial charge >= 0.3 is 0 Å². The quantitative estimate of drug-likeness (QED) is 0.822. The first-order valence-electron chi connectivity index (χ1n) is 8.68. The first-order chi connectivity index (χ1) is 11.6. The van der Waals surface area contributed by atoms with Gasteiger partial charge in [0, 0.05) is 19.6 Å². The topological polar surface area (TPSA) is 41.6 Å². The molecule has 2 heterocycles. The lowest BCUT2D eigenvalue weighted by atomic mass is 9.96. The molecule has 3 rings (SSSR count). The summed E-state index contributed by atoms with van der Waals surface area (Å²) in [4.78, 5) is 14.5. The molecule has 0 bridgehead atoms.